The molecule has 0 bridgehead atoms. The molecular weight excluding hydrogens is 123 g/mol. The lowest BCUT2D eigenvalue weighted by Gasteiger charge is -2.02. The maximum Gasteiger partial charge on any atom is 0.134 e. The van der Waals surface area contributed by atoms with Crippen LogP contribution < -0.4 is 0 Å². The van der Waals surface area contributed by atoms with Crippen molar-refractivity contribution in [2.24, 2.45) is 0 Å². The highest BCUT2D eigenvalue weighted by Crippen LogP contribution is 1.92. The minimum atomic E-state index is -0.0780. The van der Waals surface area contributed by atoms with E-state index in [4.69, 9.17) is 4.74 Å². The number of halogens is 1. The van der Waals surface area contributed by atoms with Gasteiger partial charge in [-0.05, 0) is 19.9 Å². The standard InChI is InChI=1S/C6H11FO2/c1-3-8-6(2)4-5-9-7/h4-6H,3H2,1-2H3. The smallest absolute Gasteiger partial charge is 0.134 e. The molecule has 1 unspecified atom stereocenters. The first kappa shape index (κ1) is 8.43. The summed E-state index contributed by atoms with van der Waals surface area (Å²) in [6, 6.07) is 0. The van der Waals surface area contributed by atoms with E-state index in [0.717, 1.165) is 6.26 Å². The van der Waals surface area contributed by atoms with Gasteiger partial charge in [-0.15, -0.1) is 0 Å². The molecule has 0 amide bonds. The van der Waals surface area contributed by atoms with E-state index in [2.05, 4.69) is 4.94 Å². The Labute approximate surface area is 54.2 Å². The van der Waals surface area contributed by atoms with E-state index in [-0.39, 0.29) is 6.10 Å². The van der Waals surface area contributed by atoms with E-state index in [0.29, 0.717) is 6.61 Å². The molecule has 3 heteroatoms. The molecule has 0 aliphatic rings. The maximum absolute atomic E-state index is 11.0. The second-order valence-electron chi connectivity index (χ2n) is 1.58. The van der Waals surface area contributed by atoms with Gasteiger partial charge in [-0.3, -0.25) is 0 Å². The highest BCUT2D eigenvalue weighted by Gasteiger charge is 1.91. The third kappa shape index (κ3) is 5.30. The van der Waals surface area contributed by atoms with Crippen molar-refractivity contribution < 1.29 is 14.2 Å². The first-order chi connectivity index (χ1) is 4.31. The molecule has 0 rings (SSSR count). The summed E-state index contributed by atoms with van der Waals surface area (Å²) < 4.78 is 16.0. The Balaban J connectivity index is 3.25. The molecule has 0 radical (unpaired) electrons. The molecule has 54 valence electrons. The number of hydrogen-bond acceptors (Lipinski definition) is 2. The van der Waals surface area contributed by atoms with Gasteiger partial charge in [0, 0.05) is 11.1 Å². The van der Waals surface area contributed by atoms with Crippen molar-refractivity contribution in [1.82, 2.24) is 0 Å². The van der Waals surface area contributed by atoms with E-state index in [1.165, 1.54) is 6.08 Å². The highest BCUT2D eigenvalue weighted by atomic mass is 19.3. The van der Waals surface area contributed by atoms with Gasteiger partial charge in [0.25, 0.3) is 0 Å². The van der Waals surface area contributed by atoms with Gasteiger partial charge in [0.2, 0.25) is 0 Å². The van der Waals surface area contributed by atoms with E-state index in [9.17, 15) is 4.53 Å². The minimum absolute atomic E-state index is 0.0780. The van der Waals surface area contributed by atoms with Crippen LogP contribution in [0.3, 0.4) is 0 Å². The summed E-state index contributed by atoms with van der Waals surface area (Å²) in [6.07, 6.45) is 2.37. The van der Waals surface area contributed by atoms with Crippen molar-refractivity contribution in [3.05, 3.63) is 12.3 Å². The van der Waals surface area contributed by atoms with Crippen LogP contribution >= 0.6 is 0 Å². The van der Waals surface area contributed by atoms with Crippen LogP contribution in [0, 0.1) is 0 Å². The molecule has 0 saturated heterocycles. The second-order valence-corrected chi connectivity index (χ2v) is 1.58. The summed E-state index contributed by atoms with van der Waals surface area (Å²) >= 11 is 0. The van der Waals surface area contributed by atoms with Gasteiger partial charge in [-0.25, -0.2) is 0 Å². The lowest BCUT2D eigenvalue weighted by atomic mass is 10.4. The van der Waals surface area contributed by atoms with E-state index in [1.54, 1.807) is 6.92 Å². The third-order valence-electron chi connectivity index (χ3n) is 0.831. The Kier molecular flexibility index (Phi) is 5.21. The average Bonchev–Trinajstić information content (AvgIpc) is 1.85. The molecule has 0 aromatic carbocycles. The molecule has 0 spiro atoms. The fourth-order valence-electron chi connectivity index (χ4n) is 0.459. The summed E-state index contributed by atoms with van der Waals surface area (Å²) in [4.78, 5) is 3.20. The molecule has 0 aliphatic carbocycles. The van der Waals surface area contributed by atoms with Gasteiger partial charge in [0.15, 0.2) is 0 Å². The largest absolute Gasteiger partial charge is 0.375 e. The Morgan fingerprint density at radius 1 is 1.67 bits per heavy atom. The van der Waals surface area contributed by atoms with Crippen LogP contribution in [0.4, 0.5) is 4.53 Å². The molecule has 0 aliphatic heterocycles. The van der Waals surface area contributed by atoms with Crippen molar-refractivity contribution >= 4 is 0 Å². The minimum Gasteiger partial charge on any atom is -0.375 e. The Hall–Kier alpha value is -0.570. The molecule has 1 atom stereocenters. The Bertz CT molecular complexity index is 83.1. The van der Waals surface area contributed by atoms with Crippen molar-refractivity contribution in [1.29, 1.82) is 0 Å². The predicted molar refractivity (Wildman–Crippen MR) is 32.4 cm³/mol. The van der Waals surface area contributed by atoms with Crippen molar-refractivity contribution in [2.45, 2.75) is 20.0 Å². The van der Waals surface area contributed by atoms with E-state index < -0.39 is 0 Å². The van der Waals surface area contributed by atoms with E-state index >= 15 is 0 Å². The van der Waals surface area contributed by atoms with Crippen LogP contribution in [0.1, 0.15) is 13.8 Å². The zero-order valence-corrected chi connectivity index (χ0v) is 5.63. The van der Waals surface area contributed by atoms with Gasteiger partial charge in [-0.1, -0.05) is 0 Å². The highest BCUT2D eigenvalue weighted by molar-refractivity contribution is 4.79. The summed E-state index contributed by atoms with van der Waals surface area (Å²) in [5.74, 6) is 0. The van der Waals surface area contributed by atoms with Crippen LogP contribution in [-0.2, 0) is 9.68 Å². The third-order valence-corrected chi connectivity index (χ3v) is 0.831. The van der Waals surface area contributed by atoms with Gasteiger partial charge < -0.3 is 9.68 Å². The SMILES string of the molecule is CCOC(C)C=COF. The van der Waals surface area contributed by atoms with Crippen LogP contribution in [-0.4, -0.2) is 12.7 Å². The summed E-state index contributed by atoms with van der Waals surface area (Å²) in [5, 5.41) is 0. The zero-order valence-electron chi connectivity index (χ0n) is 5.63. The van der Waals surface area contributed by atoms with Gasteiger partial charge in [0.05, 0.1) is 6.10 Å². The maximum atomic E-state index is 11.0. The van der Waals surface area contributed by atoms with Crippen LogP contribution in [0.25, 0.3) is 0 Å². The summed E-state index contributed by atoms with van der Waals surface area (Å²) in [7, 11) is 0. The fourth-order valence-corrected chi connectivity index (χ4v) is 0.459. The molecule has 0 aromatic heterocycles. The second kappa shape index (κ2) is 5.56. The number of rotatable bonds is 4. The lowest BCUT2D eigenvalue weighted by molar-refractivity contribution is -0.0635. The molecular formula is C6H11FO2. The molecule has 9 heavy (non-hydrogen) atoms. The molecule has 0 aromatic rings. The summed E-state index contributed by atoms with van der Waals surface area (Å²) in [5.41, 5.74) is 0. The first-order valence-electron chi connectivity index (χ1n) is 2.87. The van der Waals surface area contributed by atoms with E-state index in [1.807, 2.05) is 6.92 Å². The molecule has 2 nitrogen and oxygen atoms in total. The molecule has 0 saturated carbocycles. The normalized spacial score (nSPS) is 14.1. The quantitative estimate of drug-likeness (QED) is 0.546. The van der Waals surface area contributed by atoms with Crippen LogP contribution in [0.15, 0.2) is 12.3 Å². The van der Waals surface area contributed by atoms with Crippen molar-refractivity contribution in [3.8, 4) is 0 Å². The van der Waals surface area contributed by atoms with Gasteiger partial charge in [-0.2, -0.15) is 0 Å². The zero-order chi connectivity index (χ0) is 7.11. The fraction of sp³-hybridized carbons (Fsp3) is 0.667. The topological polar surface area (TPSA) is 18.5 Å². The first-order valence-corrected chi connectivity index (χ1v) is 2.87. The Morgan fingerprint density at radius 2 is 2.33 bits per heavy atom. The summed E-state index contributed by atoms with van der Waals surface area (Å²) in [6.45, 7) is 4.30. The molecule has 0 heterocycles. The molecule has 0 N–H and O–H groups in total. The predicted octanol–water partition coefficient (Wildman–Crippen LogP) is 1.83. The van der Waals surface area contributed by atoms with Crippen LogP contribution in [0.5, 0.6) is 0 Å². The van der Waals surface area contributed by atoms with Crippen molar-refractivity contribution in [3.63, 3.8) is 0 Å². The average molecular weight is 134 g/mol. The monoisotopic (exact) mass is 134 g/mol. The Morgan fingerprint density at radius 3 is 2.78 bits per heavy atom. The van der Waals surface area contributed by atoms with Crippen molar-refractivity contribution in [2.75, 3.05) is 6.61 Å². The lowest BCUT2D eigenvalue weighted by Crippen LogP contribution is -2.02. The van der Waals surface area contributed by atoms with Crippen LogP contribution in [0.2, 0.25) is 0 Å². The number of ether oxygens (including phenoxy) is 1. The number of hydrogen-bond donors (Lipinski definition) is 0. The van der Waals surface area contributed by atoms with Gasteiger partial charge >= 0.3 is 0 Å². The van der Waals surface area contributed by atoms with Gasteiger partial charge in [0.1, 0.15) is 6.26 Å². The molecule has 0 fully saturated rings.